The Bertz CT molecular complexity index is 528. The van der Waals surface area contributed by atoms with Gasteiger partial charge < -0.3 is 10.3 Å². The van der Waals surface area contributed by atoms with E-state index in [0.717, 1.165) is 18.1 Å². The molecule has 0 unspecified atom stereocenters. The molecule has 1 aromatic carbocycles. The van der Waals surface area contributed by atoms with Crippen LogP contribution < -0.4 is 5.32 Å². The van der Waals surface area contributed by atoms with Gasteiger partial charge in [-0.2, -0.15) is 0 Å². The molecule has 0 fully saturated rings. The fourth-order valence-electron chi connectivity index (χ4n) is 2.44. The van der Waals surface area contributed by atoms with Crippen molar-refractivity contribution in [3.05, 3.63) is 47.0 Å². The molecule has 2 N–H and O–H groups in total. The maximum Gasteiger partial charge on any atom is 0.103 e. The highest BCUT2D eigenvalue weighted by molar-refractivity contribution is 5.50. The first-order valence-corrected chi connectivity index (χ1v) is 6.17. The highest BCUT2D eigenvalue weighted by Gasteiger charge is 2.10. The first kappa shape index (κ1) is 10.4. The van der Waals surface area contributed by atoms with Gasteiger partial charge in [-0.25, -0.2) is 4.98 Å². The number of imidazole rings is 1. The molecule has 0 amide bonds. The van der Waals surface area contributed by atoms with E-state index in [2.05, 4.69) is 33.5 Å². The van der Waals surface area contributed by atoms with E-state index in [1.807, 2.05) is 13.1 Å². The van der Waals surface area contributed by atoms with E-state index in [1.54, 1.807) is 0 Å². The largest absolute Gasteiger partial charge is 0.379 e. The summed E-state index contributed by atoms with van der Waals surface area (Å²) < 4.78 is 0. The number of anilines is 1. The summed E-state index contributed by atoms with van der Waals surface area (Å²) in [5.41, 5.74) is 5.37. The van der Waals surface area contributed by atoms with Crippen molar-refractivity contribution >= 4 is 5.69 Å². The highest BCUT2D eigenvalue weighted by Crippen LogP contribution is 2.24. The van der Waals surface area contributed by atoms with Crippen molar-refractivity contribution < 1.29 is 0 Å². The Hall–Kier alpha value is -1.77. The summed E-state index contributed by atoms with van der Waals surface area (Å²) in [6.07, 6.45) is 5.66. The van der Waals surface area contributed by atoms with E-state index < -0.39 is 0 Å². The summed E-state index contributed by atoms with van der Waals surface area (Å²) in [6, 6.07) is 6.71. The average molecular weight is 227 g/mol. The molecule has 17 heavy (non-hydrogen) atoms. The van der Waals surface area contributed by atoms with Crippen LogP contribution in [0, 0.1) is 6.92 Å². The third kappa shape index (κ3) is 2.18. The number of H-pyrrole nitrogens is 1. The summed E-state index contributed by atoms with van der Waals surface area (Å²) in [7, 11) is 0. The molecule has 0 saturated carbocycles. The van der Waals surface area contributed by atoms with Gasteiger partial charge in [0.25, 0.3) is 0 Å². The minimum Gasteiger partial charge on any atom is -0.379 e. The Morgan fingerprint density at radius 1 is 1.29 bits per heavy atom. The van der Waals surface area contributed by atoms with Crippen molar-refractivity contribution in [1.82, 2.24) is 9.97 Å². The van der Waals surface area contributed by atoms with Crippen LogP contribution in [0.2, 0.25) is 0 Å². The van der Waals surface area contributed by atoms with Gasteiger partial charge in [0.1, 0.15) is 5.82 Å². The molecule has 0 spiro atoms. The van der Waals surface area contributed by atoms with Gasteiger partial charge in [-0.05, 0) is 49.4 Å². The summed E-state index contributed by atoms with van der Waals surface area (Å²) in [4.78, 5) is 7.42. The topological polar surface area (TPSA) is 40.7 Å². The van der Waals surface area contributed by atoms with Crippen molar-refractivity contribution in [2.45, 2.75) is 32.7 Å². The number of benzene rings is 1. The van der Waals surface area contributed by atoms with Gasteiger partial charge in [0.2, 0.25) is 0 Å². The SMILES string of the molecule is Cc1ncc(CNc2ccc3c(c2)CCC3)[nH]1. The van der Waals surface area contributed by atoms with Crippen LogP contribution in [0.1, 0.15) is 29.1 Å². The molecule has 88 valence electrons. The predicted molar refractivity (Wildman–Crippen MR) is 69.1 cm³/mol. The first-order chi connectivity index (χ1) is 8.31. The maximum absolute atomic E-state index is 4.19. The Morgan fingerprint density at radius 2 is 2.18 bits per heavy atom. The lowest BCUT2D eigenvalue weighted by atomic mass is 10.1. The molecule has 3 rings (SSSR count). The van der Waals surface area contributed by atoms with Crippen LogP contribution in [0.25, 0.3) is 0 Å². The quantitative estimate of drug-likeness (QED) is 0.846. The van der Waals surface area contributed by atoms with Crippen molar-refractivity contribution in [3.63, 3.8) is 0 Å². The van der Waals surface area contributed by atoms with Crippen LogP contribution in [0.3, 0.4) is 0 Å². The van der Waals surface area contributed by atoms with Crippen molar-refractivity contribution in [1.29, 1.82) is 0 Å². The maximum atomic E-state index is 4.19. The molecule has 3 nitrogen and oxygen atoms in total. The standard InChI is InChI=1S/C14H17N3/c1-10-15-8-14(17-10)9-16-13-6-5-11-3-2-4-12(11)7-13/h5-8,16H,2-4,9H2,1H3,(H,15,17). The molecule has 3 heteroatoms. The van der Waals surface area contributed by atoms with Gasteiger partial charge >= 0.3 is 0 Å². The van der Waals surface area contributed by atoms with Gasteiger partial charge in [-0.3, -0.25) is 0 Å². The number of fused-ring (bicyclic) bond motifs is 1. The summed E-state index contributed by atoms with van der Waals surface area (Å²) in [6.45, 7) is 2.78. The zero-order valence-electron chi connectivity index (χ0n) is 10.1. The molecule has 1 aromatic heterocycles. The highest BCUT2D eigenvalue weighted by atomic mass is 15.0. The van der Waals surface area contributed by atoms with Gasteiger partial charge in [-0.15, -0.1) is 0 Å². The molecule has 1 heterocycles. The Labute approximate surface area is 101 Å². The fourth-order valence-corrected chi connectivity index (χ4v) is 2.44. The normalized spacial score (nSPS) is 13.7. The Balaban J connectivity index is 1.69. The average Bonchev–Trinajstić information content (AvgIpc) is 2.94. The predicted octanol–water partition coefficient (Wildman–Crippen LogP) is 2.82. The number of aryl methyl sites for hydroxylation is 3. The third-order valence-electron chi connectivity index (χ3n) is 3.34. The van der Waals surface area contributed by atoms with E-state index in [4.69, 9.17) is 0 Å². The minimum atomic E-state index is 0.805. The van der Waals surface area contributed by atoms with Crippen LogP contribution in [0.15, 0.2) is 24.4 Å². The summed E-state index contributed by atoms with van der Waals surface area (Å²) in [5, 5.41) is 3.43. The second-order valence-electron chi connectivity index (χ2n) is 4.68. The first-order valence-electron chi connectivity index (χ1n) is 6.17. The molecule has 0 atom stereocenters. The number of rotatable bonds is 3. The van der Waals surface area contributed by atoms with E-state index in [-0.39, 0.29) is 0 Å². The van der Waals surface area contributed by atoms with Crippen LogP contribution in [0.5, 0.6) is 0 Å². The molecule has 1 aliphatic rings. The summed E-state index contributed by atoms with van der Waals surface area (Å²) in [5.74, 6) is 0.968. The molecular weight excluding hydrogens is 210 g/mol. The smallest absolute Gasteiger partial charge is 0.103 e. The van der Waals surface area contributed by atoms with Gasteiger partial charge in [0.15, 0.2) is 0 Å². The van der Waals surface area contributed by atoms with E-state index >= 15 is 0 Å². The molecule has 0 radical (unpaired) electrons. The monoisotopic (exact) mass is 227 g/mol. The van der Waals surface area contributed by atoms with Crippen molar-refractivity contribution in [2.75, 3.05) is 5.32 Å². The third-order valence-corrected chi connectivity index (χ3v) is 3.34. The second-order valence-corrected chi connectivity index (χ2v) is 4.68. The van der Waals surface area contributed by atoms with Crippen LogP contribution in [0.4, 0.5) is 5.69 Å². The Kier molecular flexibility index (Phi) is 2.59. The summed E-state index contributed by atoms with van der Waals surface area (Å²) >= 11 is 0. The molecule has 1 aliphatic carbocycles. The fraction of sp³-hybridized carbons (Fsp3) is 0.357. The van der Waals surface area contributed by atoms with Crippen molar-refractivity contribution in [2.24, 2.45) is 0 Å². The van der Waals surface area contributed by atoms with E-state index in [0.29, 0.717) is 0 Å². The molecule has 0 aliphatic heterocycles. The van der Waals surface area contributed by atoms with E-state index in [9.17, 15) is 0 Å². The molecular formula is C14H17N3. The lowest BCUT2D eigenvalue weighted by molar-refractivity contribution is 0.911. The number of nitrogens with zero attached hydrogens (tertiary/aromatic N) is 1. The van der Waals surface area contributed by atoms with Crippen LogP contribution >= 0.6 is 0 Å². The lowest BCUT2D eigenvalue weighted by Gasteiger charge is -2.07. The number of hydrogen-bond donors (Lipinski definition) is 2. The lowest BCUT2D eigenvalue weighted by Crippen LogP contribution is -2.00. The molecule has 2 aromatic rings. The molecule has 0 saturated heterocycles. The Morgan fingerprint density at radius 3 is 3.00 bits per heavy atom. The molecule has 0 bridgehead atoms. The number of aromatic nitrogens is 2. The number of nitrogens with one attached hydrogen (secondary N) is 2. The number of aromatic amines is 1. The second kappa shape index (κ2) is 4.24. The zero-order chi connectivity index (χ0) is 11.7. The van der Waals surface area contributed by atoms with Gasteiger partial charge in [0.05, 0.1) is 18.4 Å². The van der Waals surface area contributed by atoms with Gasteiger partial charge in [0, 0.05) is 5.69 Å². The van der Waals surface area contributed by atoms with E-state index in [1.165, 1.54) is 36.1 Å². The zero-order valence-corrected chi connectivity index (χ0v) is 10.1. The van der Waals surface area contributed by atoms with Gasteiger partial charge in [-0.1, -0.05) is 6.07 Å². The van der Waals surface area contributed by atoms with Crippen LogP contribution in [-0.2, 0) is 19.4 Å². The minimum absolute atomic E-state index is 0.805. The number of hydrogen-bond acceptors (Lipinski definition) is 2. The van der Waals surface area contributed by atoms with Crippen LogP contribution in [-0.4, -0.2) is 9.97 Å². The van der Waals surface area contributed by atoms with Crippen molar-refractivity contribution in [3.8, 4) is 0 Å².